The molecule has 0 spiro atoms. The molecule has 0 bridgehead atoms. The number of carbonyl (C=O) groups excluding carboxylic acids is 1. The quantitative estimate of drug-likeness (QED) is 0.0854. The molecule has 10 nitrogen and oxygen atoms in total. The van der Waals surface area contributed by atoms with Gasteiger partial charge in [0.1, 0.15) is 25.4 Å². The molecule has 3 aromatic carbocycles. The number of ether oxygens (including phenoxy) is 2. The molecule has 1 aromatic heterocycles. The maximum Gasteiger partial charge on any atom is 0.409 e. The molecule has 0 aliphatic carbocycles. The van der Waals surface area contributed by atoms with Crippen molar-refractivity contribution in [2.45, 2.75) is 58.2 Å². The van der Waals surface area contributed by atoms with E-state index in [9.17, 15) is 14.7 Å². The number of hydrogen-bond donors (Lipinski definition) is 4. The highest BCUT2D eigenvalue weighted by atomic mass is 28.3. The van der Waals surface area contributed by atoms with Gasteiger partial charge in [-0.25, -0.2) is 9.78 Å². The number of morpholine rings is 1. The summed E-state index contributed by atoms with van der Waals surface area (Å²) in [4.78, 5) is 31.7. The maximum atomic E-state index is 13.5. The molecule has 5 rings (SSSR count). The van der Waals surface area contributed by atoms with Crippen LogP contribution in [0.4, 0.5) is 22.0 Å². The molecule has 1 saturated heterocycles. The average molecular weight is 708 g/mol. The highest BCUT2D eigenvalue weighted by Gasteiger charge is 2.41. The molecule has 1 fully saturated rings. The Hall–Kier alpha value is -4.89. The normalized spacial score (nSPS) is 13.6. The van der Waals surface area contributed by atoms with Crippen molar-refractivity contribution < 1.29 is 24.2 Å². The lowest BCUT2D eigenvalue weighted by molar-refractivity contribution is 0.0383. The van der Waals surface area contributed by atoms with Gasteiger partial charge in [-0.15, -0.1) is 5.54 Å². The van der Waals surface area contributed by atoms with E-state index < -0.39 is 14.2 Å². The summed E-state index contributed by atoms with van der Waals surface area (Å²) in [6, 6.07) is 20.1. The van der Waals surface area contributed by atoms with Gasteiger partial charge >= 0.3 is 6.09 Å². The molecule has 268 valence electrons. The molecule has 0 saturated carbocycles. The Labute approximate surface area is 302 Å². The first kappa shape index (κ1) is 37.4. The van der Waals surface area contributed by atoms with Gasteiger partial charge < -0.3 is 25.2 Å². The summed E-state index contributed by atoms with van der Waals surface area (Å²) < 4.78 is 11.8. The Morgan fingerprint density at radius 1 is 0.941 bits per heavy atom. The number of carbonyl (C=O) groups is 2. The summed E-state index contributed by atoms with van der Waals surface area (Å²) >= 11 is 0. The van der Waals surface area contributed by atoms with Crippen molar-refractivity contribution in [2.24, 2.45) is 0 Å². The number of carboxylic acid groups (broad SMARTS) is 1. The van der Waals surface area contributed by atoms with Crippen molar-refractivity contribution >= 4 is 48.0 Å². The molecule has 4 aromatic rings. The van der Waals surface area contributed by atoms with E-state index in [2.05, 4.69) is 78.8 Å². The van der Waals surface area contributed by atoms with Crippen molar-refractivity contribution in [1.82, 2.24) is 15.2 Å². The lowest BCUT2D eigenvalue weighted by Crippen LogP contribution is -2.43. The van der Waals surface area contributed by atoms with E-state index in [1.807, 2.05) is 42.5 Å². The molecule has 51 heavy (non-hydrogen) atoms. The third kappa shape index (κ3) is 9.27. The molecule has 1 aliphatic rings. The molecule has 0 atom stereocenters. The molecule has 2 heterocycles. The van der Waals surface area contributed by atoms with Crippen LogP contribution in [0.5, 0.6) is 11.5 Å². The predicted molar refractivity (Wildman–Crippen MR) is 207 cm³/mol. The van der Waals surface area contributed by atoms with E-state index in [1.54, 1.807) is 30.5 Å². The average Bonchev–Trinajstić information content (AvgIpc) is 3.09. The number of pyridine rings is 1. The number of aromatic nitrogens is 1. The predicted octanol–water partition coefficient (Wildman–Crippen LogP) is 8.49. The summed E-state index contributed by atoms with van der Waals surface area (Å²) in [5.74, 6) is 4.99. The number of anilines is 3. The van der Waals surface area contributed by atoms with Crippen LogP contribution in [0.25, 0.3) is 10.8 Å². The van der Waals surface area contributed by atoms with Gasteiger partial charge in [0.15, 0.2) is 0 Å². The van der Waals surface area contributed by atoms with E-state index in [0.29, 0.717) is 70.6 Å². The molecular formula is C40H49N5O5Si. The van der Waals surface area contributed by atoms with Gasteiger partial charge in [0.05, 0.1) is 18.9 Å². The third-order valence-electron chi connectivity index (χ3n) is 9.66. The summed E-state index contributed by atoms with van der Waals surface area (Å²) in [7, 11) is -2.02. The first-order chi connectivity index (χ1) is 24.5. The minimum absolute atomic E-state index is 0.159. The van der Waals surface area contributed by atoms with Crippen LogP contribution >= 0.6 is 0 Å². The smallest absolute Gasteiger partial charge is 0.409 e. The van der Waals surface area contributed by atoms with Crippen LogP contribution in [-0.4, -0.2) is 74.5 Å². The minimum atomic E-state index is -2.02. The molecule has 0 radical (unpaired) electrons. The first-order valence-electron chi connectivity index (χ1n) is 17.7. The molecule has 11 heteroatoms. The fraction of sp³-hybridized carbons (Fsp3) is 0.375. The van der Waals surface area contributed by atoms with Crippen LogP contribution in [-0.2, 0) is 4.74 Å². The third-order valence-corrected chi connectivity index (χ3v) is 15.9. The Bertz CT molecular complexity index is 1890. The van der Waals surface area contributed by atoms with Gasteiger partial charge in [-0.3, -0.25) is 15.0 Å². The number of rotatable bonds is 12. The van der Waals surface area contributed by atoms with Gasteiger partial charge in [0, 0.05) is 66.0 Å². The zero-order chi connectivity index (χ0) is 36.5. The second-order valence-corrected chi connectivity index (χ2v) is 19.4. The van der Waals surface area contributed by atoms with Crippen LogP contribution in [0.15, 0.2) is 72.9 Å². The Morgan fingerprint density at radius 3 is 2.33 bits per heavy atom. The fourth-order valence-corrected chi connectivity index (χ4v) is 12.4. The number of nitrogens with zero attached hydrogens (tertiary/aromatic N) is 2. The van der Waals surface area contributed by atoms with E-state index >= 15 is 0 Å². The molecule has 2 amide bonds. The first-order valence-corrected chi connectivity index (χ1v) is 19.9. The zero-order valence-electron chi connectivity index (χ0n) is 30.4. The van der Waals surface area contributed by atoms with E-state index in [1.165, 1.54) is 0 Å². The van der Waals surface area contributed by atoms with Crippen molar-refractivity contribution in [2.75, 3.05) is 50.0 Å². The van der Waals surface area contributed by atoms with E-state index in [-0.39, 0.29) is 5.91 Å². The summed E-state index contributed by atoms with van der Waals surface area (Å²) in [5.41, 5.74) is 7.67. The van der Waals surface area contributed by atoms with Crippen LogP contribution in [0.3, 0.4) is 0 Å². The van der Waals surface area contributed by atoms with Crippen molar-refractivity contribution in [3.8, 4) is 23.0 Å². The molecule has 1 aliphatic heterocycles. The van der Waals surface area contributed by atoms with Gasteiger partial charge in [-0.1, -0.05) is 71.7 Å². The lowest BCUT2D eigenvalue weighted by Gasteiger charge is -2.38. The highest BCUT2D eigenvalue weighted by Crippen LogP contribution is 2.41. The zero-order valence-corrected chi connectivity index (χ0v) is 31.4. The van der Waals surface area contributed by atoms with Crippen LogP contribution < -0.4 is 20.7 Å². The number of amides is 2. The lowest BCUT2D eigenvalue weighted by atomic mass is 10.1. The standard InChI is InChI=1S/C40H49N5O5Si/c1-27(2)51(28(3)4,29(5)6)22-14-30-23-31(39(46)42-16-17-45-18-20-49-21-19-45)25-32(24-30)43-38-26-33(13-15-41-38)50-37-12-11-36(44-40(47)48)34-9-7-8-10-35(34)37/h7-13,15,23-29,44H,16-21H2,1-6H3,(H,41,43)(H,42,46)(H,47,48). The van der Waals surface area contributed by atoms with Crippen molar-refractivity contribution in [3.63, 3.8) is 0 Å². The monoisotopic (exact) mass is 707 g/mol. The van der Waals surface area contributed by atoms with E-state index in [4.69, 9.17) is 9.47 Å². The number of benzene rings is 3. The largest absolute Gasteiger partial charge is 0.465 e. The summed E-state index contributed by atoms with van der Waals surface area (Å²) in [5, 5.41) is 19.7. The van der Waals surface area contributed by atoms with Crippen LogP contribution in [0, 0.1) is 11.5 Å². The Kier molecular flexibility index (Phi) is 12.4. The highest BCUT2D eigenvalue weighted by molar-refractivity contribution is 6.90. The number of hydrogen-bond acceptors (Lipinski definition) is 7. The maximum absolute atomic E-state index is 13.5. The van der Waals surface area contributed by atoms with Crippen molar-refractivity contribution in [1.29, 1.82) is 0 Å². The summed E-state index contributed by atoms with van der Waals surface area (Å²) in [6.45, 7) is 18.2. The van der Waals surface area contributed by atoms with Crippen LogP contribution in [0.1, 0.15) is 57.5 Å². The van der Waals surface area contributed by atoms with Gasteiger partial charge in [-0.05, 0) is 53.0 Å². The number of nitrogens with one attached hydrogen (secondary N) is 3. The molecular weight excluding hydrogens is 659 g/mol. The molecule has 0 unspecified atom stereocenters. The van der Waals surface area contributed by atoms with Crippen molar-refractivity contribution in [3.05, 3.63) is 84.1 Å². The van der Waals surface area contributed by atoms with Crippen LogP contribution in [0.2, 0.25) is 16.6 Å². The van der Waals surface area contributed by atoms with Gasteiger partial charge in [-0.2, -0.15) is 0 Å². The number of fused-ring (bicyclic) bond motifs is 1. The second kappa shape index (κ2) is 16.9. The topological polar surface area (TPSA) is 125 Å². The SMILES string of the molecule is CC(C)[Si](C#Cc1cc(Nc2cc(Oc3ccc(NC(=O)O)c4ccccc34)ccn2)cc(C(=O)NCCN2CCOCC2)c1)(C(C)C)C(C)C. The Morgan fingerprint density at radius 2 is 1.65 bits per heavy atom. The minimum Gasteiger partial charge on any atom is -0.465 e. The second-order valence-electron chi connectivity index (χ2n) is 13.8. The summed E-state index contributed by atoms with van der Waals surface area (Å²) in [6.07, 6.45) is 0.514. The Balaban J connectivity index is 1.43. The fourth-order valence-electron chi connectivity index (χ4n) is 7.17. The van der Waals surface area contributed by atoms with Gasteiger partial charge in [0.25, 0.3) is 5.91 Å². The van der Waals surface area contributed by atoms with E-state index in [0.717, 1.165) is 36.0 Å². The van der Waals surface area contributed by atoms with Gasteiger partial charge in [0.2, 0.25) is 0 Å². The molecule has 4 N–H and O–H groups in total.